The molecule has 0 saturated heterocycles. The van der Waals surface area contributed by atoms with Crippen LogP contribution < -0.4 is 4.74 Å². The third-order valence-corrected chi connectivity index (χ3v) is 2.75. The van der Waals surface area contributed by atoms with Crippen molar-refractivity contribution in [1.82, 2.24) is 0 Å². The van der Waals surface area contributed by atoms with Gasteiger partial charge < -0.3 is 4.74 Å². The van der Waals surface area contributed by atoms with Crippen LogP contribution in [0, 0.1) is 18.6 Å². The summed E-state index contributed by atoms with van der Waals surface area (Å²) in [5, 5.41) is 0.495. The van der Waals surface area contributed by atoms with Gasteiger partial charge in [0.05, 0.1) is 5.56 Å². The molecule has 0 aromatic heterocycles. The first kappa shape index (κ1) is 13.5. The van der Waals surface area contributed by atoms with Crippen molar-refractivity contribution >= 4 is 17.6 Å². The summed E-state index contributed by atoms with van der Waals surface area (Å²) >= 11 is 5.77. The zero-order valence-corrected chi connectivity index (χ0v) is 10.7. The molecule has 0 radical (unpaired) electrons. The van der Waals surface area contributed by atoms with Crippen LogP contribution >= 0.6 is 11.6 Å². The van der Waals surface area contributed by atoms with E-state index in [1.54, 1.807) is 19.1 Å². The van der Waals surface area contributed by atoms with Gasteiger partial charge in [-0.15, -0.1) is 0 Å². The topological polar surface area (TPSA) is 26.3 Å². The number of hydrogen-bond acceptors (Lipinski definition) is 2. The third kappa shape index (κ3) is 2.90. The first-order valence-corrected chi connectivity index (χ1v) is 5.79. The van der Waals surface area contributed by atoms with E-state index in [2.05, 4.69) is 0 Å². The Morgan fingerprint density at radius 2 is 1.95 bits per heavy atom. The average molecular weight is 283 g/mol. The number of carbonyl (C=O) groups is 1. The number of hydrogen-bond donors (Lipinski definition) is 0. The summed E-state index contributed by atoms with van der Waals surface area (Å²) in [6, 6.07) is 7.97. The van der Waals surface area contributed by atoms with Crippen molar-refractivity contribution in [3.8, 4) is 5.75 Å². The van der Waals surface area contributed by atoms with Gasteiger partial charge in [0.1, 0.15) is 5.75 Å². The summed E-state index contributed by atoms with van der Waals surface area (Å²) in [5.74, 6) is -3.03. The van der Waals surface area contributed by atoms with Gasteiger partial charge in [0.2, 0.25) is 0 Å². The van der Waals surface area contributed by atoms with Crippen LogP contribution in [0.3, 0.4) is 0 Å². The van der Waals surface area contributed by atoms with Gasteiger partial charge in [0.25, 0.3) is 0 Å². The van der Waals surface area contributed by atoms with Crippen LogP contribution in [0.25, 0.3) is 0 Å². The van der Waals surface area contributed by atoms with Gasteiger partial charge >= 0.3 is 5.97 Å². The predicted molar refractivity (Wildman–Crippen MR) is 67.5 cm³/mol. The molecule has 0 atom stereocenters. The molecule has 5 heteroatoms. The molecule has 0 unspecified atom stereocenters. The summed E-state index contributed by atoms with van der Waals surface area (Å²) in [7, 11) is 0. The average Bonchev–Trinajstić information content (AvgIpc) is 2.36. The molecule has 0 bridgehead atoms. The summed E-state index contributed by atoms with van der Waals surface area (Å²) in [4.78, 5) is 11.8. The molecule has 0 amide bonds. The van der Waals surface area contributed by atoms with E-state index in [1.807, 2.05) is 0 Å². The van der Waals surface area contributed by atoms with Crippen LogP contribution in [0.4, 0.5) is 8.78 Å². The van der Waals surface area contributed by atoms with Gasteiger partial charge in [-0.2, -0.15) is 0 Å². The lowest BCUT2D eigenvalue weighted by Gasteiger charge is -2.08. The van der Waals surface area contributed by atoms with E-state index in [-0.39, 0.29) is 5.75 Å². The maximum absolute atomic E-state index is 13.4. The lowest BCUT2D eigenvalue weighted by Crippen LogP contribution is -2.12. The van der Waals surface area contributed by atoms with Crippen LogP contribution in [0.1, 0.15) is 15.9 Å². The highest BCUT2D eigenvalue weighted by atomic mass is 35.5. The molecular formula is C14H9ClF2O2. The first-order chi connectivity index (χ1) is 8.99. The summed E-state index contributed by atoms with van der Waals surface area (Å²) in [6.45, 7) is 1.69. The molecule has 0 fully saturated rings. The second kappa shape index (κ2) is 5.36. The molecule has 2 aromatic carbocycles. The number of aryl methyl sites for hydroxylation is 1. The van der Waals surface area contributed by atoms with E-state index in [0.29, 0.717) is 10.6 Å². The second-order valence-electron chi connectivity index (χ2n) is 3.90. The monoisotopic (exact) mass is 282 g/mol. The quantitative estimate of drug-likeness (QED) is 0.611. The van der Waals surface area contributed by atoms with E-state index >= 15 is 0 Å². The fraction of sp³-hybridized carbons (Fsp3) is 0.0714. The van der Waals surface area contributed by atoms with Crippen LogP contribution in [0.5, 0.6) is 5.75 Å². The largest absolute Gasteiger partial charge is 0.423 e. The zero-order valence-electron chi connectivity index (χ0n) is 9.91. The van der Waals surface area contributed by atoms with Gasteiger partial charge in [0.15, 0.2) is 11.6 Å². The predicted octanol–water partition coefficient (Wildman–Crippen LogP) is 4.15. The van der Waals surface area contributed by atoms with Crippen molar-refractivity contribution < 1.29 is 18.3 Å². The highest BCUT2D eigenvalue weighted by Crippen LogP contribution is 2.23. The number of esters is 1. The summed E-state index contributed by atoms with van der Waals surface area (Å²) in [5.41, 5.74) is 0.173. The Morgan fingerprint density at radius 3 is 2.63 bits per heavy atom. The number of ether oxygens (including phenoxy) is 1. The maximum Gasteiger partial charge on any atom is 0.346 e. The standard InChI is InChI=1S/C14H9ClF2O2/c1-8-7-9(15)5-6-12(8)19-14(18)10-3-2-4-11(16)13(10)17/h2-7H,1H3. The molecule has 0 saturated carbocycles. The fourth-order valence-corrected chi connectivity index (χ4v) is 1.77. The van der Waals surface area contributed by atoms with Crippen molar-refractivity contribution in [1.29, 1.82) is 0 Å². The van der Waals surface area contributed by atoms with Gasteiger partial charge in [-0.05, 0) is 42.8 Å². The van der Waals surface area contributed by atoms with Crippen LogP contribution in [-0.4, -0.2) is 5.97 Å². The van der Waals surface area contributed by atoms with E-state index in [1.165, 1.54) is 12.1 Å². The van der Waals surface area contributed by atoms with Crippen molar-refractivity contribution in [3.63, 3.8) is 0 Å². The minimum Gasteiger partial charge on any atom is -0.423 e. The fourth-order valence-electron chi connectivity index (χ4n) is 1.54. The first-order valence-electron chi connectivity index (χ1n) is 5.41. The SMILES string of the molecule is Cc1cc(Cl)ccc1OC(=O)c1cccc(F)c1F. The van der Waals surface area contributed by atoms with E-state index in [0.717, 1.165) is 12.1 Å². The molecule has 0 spiro atoms. The van der Waals surface area contributed by atoms with Gasteiger partial charge in [0, 0.05) is 5.02 Å². The Hall–Kier alpha value is -1.94. The van der Waals surface area contributed by atoms with E-state index in [9.17, 15) is 13.6 Å². The molecule has 0 aliphatic heterocycles. The smallest absolute Gasteiger partial charge is 0.346 e. The second-order valence-corrected chi connectivity index (χ2v) is 4.34. The van der Waals surface area contributed by atoms with Gasteiger partial charge in [-0.25, -0.2) is 13.6 Å². The lowest BCUT2D eigenvalue weighted by atomic mass is 10.2. The molecule has 19 heavy (non-hydrogen) atoms. The molecule has 98 valence electrons. The zero-order chi connectivity index (χ0) is 14.0. The normalized spacial score (nSPS) is 10.3. The van der Waals surface area contributed by atoms with Crippen molar-refractivity contribution in [2.45, 2.75) is 6.92 Å². The number of halogens is 3. The van der Waals surface area contributed by atoms with Crippen LogP contribution in [0.15, 0.2) is 36.4 Å². The molecule has 0 aliphatic carbocycles. The lowest BCUT2D eigenvalue weighted by molar-refractivity contribution is 0.0727. The molecule has 2 nitrogen and oxygen atoms in total. The number of carbonyl (C=O) groups excluding carboxylic acids is 1. The third-order valence-electron chi connectivity index (χ3n) is 2.51. The Balaban J connectivity index is 2.28. The Labute approximate surface area is 113 Å². The van der Waals surface area contributed by atoms with Crippen molar-refractivity contribution in [2.24, 2.45) is 0 Å². The highest BCUT2D eigenvalue weighted by molar-refractivity contribution is 6.30. The molecule has 0 heterocycles. The van der Waals surface area contributed by atoms with Crippen LogP contribution in [0.2, 0.25) is 5.02 Å². The van der Waals surface area contributed by atoms with E-state index in [4.69, 9.17) is 16.3 Å². The Kier molecular flexibility index (Phi) is 3.81. The molecule has 0 aliphatic rings. The molecular weight excluding hydrogens is 274 g/mol. The van der Waals surface area contributed by atoms with Crippen molar-refractivity contribution in [2.75, 3.05) is 0 Å². The van der Waals surface area contributed by atoms with Gasteiger partial charge in [-0.3, -0.25) is 0 Å². The Morgan fingerprint density at radius 1 is 1.21 bits per heavy atom. The van der Waals surface area contributed by atoms with E-state index < -0.39 is 23.2 Å². The number of rotatable bonds is 2. The molecule has 2 rings (SSSR count). The Bertz CT molecular complexity index is 641. The summed E-state index contributed by atoms with van der Waals surface area (Å²) in [6.07, 6.45) is 0. The minimum atomic E-state index is -1.22. The molecule has 0 N–H and O–H groups in total. The van der Waals surface area contributed by atoms with Gasteiger partial charge in [-0.1, -0.05) is 17.7 Å². The number of benzene rings is 2. The minimum absolute atomic E-state index is 0.248. The highest BCUT2D eigenvalue weighted by Gasteiger charge is 2.17. The molecule has 2 aromatic rings. The maximum atomic E-state index is 13.4. The van der Waals surface area contributed by atoms with Crippen molar-refractivity contribution in [3.05, 3.63) is 64.2 Å². The summed E-state index contributed by atoms with van der Waals surface area (Å²) < 4.78 is 31.5. The van der Waals surface area contributed by atoms with Crippen LogP contribution in [-0.2, 0) is 0 Å².